The molecule has 0 aromatic heterocycles. The van der Waals surface area contributed by atoms with Crippen molar-refractivity contribution in [2.75, 3.05) is 0 Å². The summed E-state index contributed by atoms with van der Waals surface area (Å²) in [7, 11) is 0.437. The van der Waals surface area contributed by atoms with E-state index in [0.29, 0.717) is 13.9 Å². The number of carbonyl (C=O) groups is 1. The van der Waals surface area contributed by atoms with E-state index >= 15 is 0 Å². The Hall–Kier alpha value is -1.25. The van der Waals surface area contributed by atoms with Crippen LogP contribution in [0, 0.1) is 0 Å². The van der Waals surface area contributed by atoms with Crippen molar-refractivity contribution in [2.24, 2.45) is 0 Å². The Morgan fingerprint density at radius 1 is 1.42 bits per heavy atom. The van der Waals surface area contributed by atoms with Gasteiger partial charge in [-0.25, -0.2) is 0 Å². The maximum absolute atomic E-state index is 10.8. The van der Waals surface area contributed by atoms with Crippen molar-refractivity contribution in [1.29, 1.82) is 0 Å². The molecule has 0 heterocycles. The minimum absolute atomic E-state index is 0.154. The van der Waals surface area contributed by atoms with Gasteiger partial charge in [0.25, 0.3) is 7.28 Å². The topological polar surface area (TPSA) is 26.3 Å². The molecule has 0 radical (unpaired) electrons. The van der Waals surface area contributed by atoms with Crippen LogP contribution in [0.1, 0.15) is 5.56 Å². The van der Waals surface area contributed by atoms with Gasteiger partial charge < -0.3 is 4.74 Å². The van der Waals surface area contributed by atoms with E-state index in [2.05, 4.69) is 0 Å². The molecule has 0 aliphatic carbocycles. The lowest BCUT2D eigenvalue weighted by Gasteiger charge is -2.01. The summed E-state index contributed by atoms with van der Waals surface area (Å²) in [5, 5.41) is 0. The highest BCUT2D eigenvalue weighted by Gasteiger charge is 1.99. The lowest BCUT2D eigenvalue weighted by molar-refractivity contribution is 0.166. The summed E-state index contributed by atoms with van der Waals surface area (Å²) < 4.78 is 4.94. The largest absolute Gasteiger partial charge is 0.469 e. The van der Waals surface area contributed by atoms with E-state index in [1.165, 1.54) is 0 Å². The lowest BCUT2D eigenvalue weighted by atomic mass is 9.83. The summed E-state index contributed by atoms with van der Waals surface area (Å²) in [4.78, 5) is 10.8. The van der Waals surface area contributed by atoms with Crippen molar-refractivity contribution in [3.05, 3.63) is 35.9 Å². The number of benzene rings is 1. The molecular weight excluding hydrogens is 151 g/mol. The molecule has 3 heteroatoms. The van der Waals surface area contributed by atoms with Crippen molar-refractivity contribution in [3.8, 4) is 0 Å². The number of rotatable bonds is 3. The number of hydrogen-bond donors (Lipinski definition) is 0. The first-order valence-corrected chi connectivity index (χ1v) is 4.02. The summed E-state index contributed by atoms with van der Waals surface area (Å²) in [5.41, 5.74) is 1.03. The fraction of sp³-hybridized carbons (Fsp3) is 0.222. The fourth-order valence-corrected chi connectivity index (χ4v) is 0.840. The van der Waals surface area contributed by atoms with Gasteiger partial charge in [-0.2, -0.15) is 0 Å². The zero-order chi connectivity index (χ0) is 8.81. The van der Waals surface area contributed by atoms with E-state index in [-0.39, 0.29) is 5.87 Å². The average Bonchev–Trinajstić information content (AvgIpc) is 2.16. The monoisotopic (exact) mass is 162 g/mol. The van der Waals surface area contributed by atoms with Gasteiger partial charge in [0.1, 0.15) is 6.61 Å². The van der Waals surface area contributed by atoms with Gasteiger partial charge >= 0.3 is 0 Å². The van der Waals surface area contributed by atoms with Gasteiger partial charge in [-0.05, 0) is 5.56 Å². The second-order valence-corrected chi connectivity index (χ2v) is 2.50. The van der Waals surface area contributed by atoms with Crippen LogP contribution >= 0.6 is 0 Å². The first-order valence-electron chi connectivity index (χ1n) is 4.02. The van der Waals surface area contributed by atoms with E-state index in [1.54, 1.807) is 6.82 Å². The summed E-state index contributed by atoms with van der Waals surface area (Å²) >= 11 is 0. The van der Waals surface area contributed by atoms with Crippen molar-refractivity contribution in [2.45, 2.75) is 13.4 Å². The Morgan fingerprint density at radius 3 is 2.67 bits per heavy atom. The van der Waals surface area contributed by atoms with Gasteiger partial charge in [0.15, 0.2) is 0 Å². The molecule has 0 N–H and O–H groups in total. The first kappa shape index (κ1) is 8.85. The Balaban J connectivity index is 2.38. The number of hydrogen-bond acceptors (Lipinski definition) is 2. The molecule has 0 aliphatic rings. The van der Waals surface area contributed by atoms with Crippen molar-refractivity contribution >= 4 is 13.1 Å². The molecule has 1 rings (SSSR count). The SMILES string of the molecule is CBC(=O)OCc1ccccc1. The highest BCUT2D eigenvalue weighted by atomic mass is 16.5. The van der Waals surface area contributed by atoms with E-state index in [0.717, 1.165) is 5.56 Å². The standard InChI is InChI=1S/C9H11BO2/c1-10-9(11)12-7-8-5-3-2-4-6-8/h2-6,10H,7H2,1H3. The zero-order valence-electron chi connectivity index (χ0n) is 7.12. The van der Waals surface area contributed by atoms with Crippen LogP contribution in [0.4, 0.5) is 4.79 Å². The third kappa shape index (κ3) is 2.78. The lowest BCUT2D eigenvalue weighted by Crippen LogP contribution is -2.07. The minimum atomic E-state index is -0.154. The molecule has 0 amide bonds. The van der Waals surface area contributed by atoms with Gasteiger partial charge in [0.2, 0.25) is 5.87 Å². The molecule has 0 saturated carbocycles. The second kappa shape index (κ2) is 4.60. The smallest absolute Gasteiger partial charge is 0.257 e. The first-order chi connectivity index (χ1) is 5.83. The fourth-order valence-electron chi connectivity index (χ4n) is 0.840. The molecule has 1 aromatic rings. The summed E-state index contributed by atoms with van der Waals surface area (Å²) in [6.07, 6.45) is 0. The van der Waals surface area contributed by atoms with Crippen LogP contribution in [-0.4, -0.2) is 13.1 Å². The normalized spacial score (nSPS) is 9.08. The van der Waals surface area contributed by atoms with Crippen LogP contribution < -0.4 is 0 Å². The number of carbonyl (C=O) groups excluding carboxylic acids is 1. The molecule has 0 aliphatic heterocycles. The predicted octanol–water partition coefficient (Wildman–Crippen LogP) is 1.81. The Kier molecular flexibility index (Phi) is 3.39. The van der Waals surface area contributed by atoms with Gasteiger partial charge in [-0.3, -0.25) is 4.79 Å². The maximum atomic E-state index is 10.8. The summed E-state index contributed by atoms with van der Waals surface area (Å²) in [6.45, 7) is 2.17. The van der Waals surface area contributed by atoms with Crippen LogP contribution in [-0.2, 0) is 11.3 Å². The molecular formula is C9H11BO2. The summed E-state index contributed by atoms with van der Waals surface area (Å²) in [6, 6.07) is 9.65. The molecule has 0 unspecified atom stereocenters. The Bertz CT molecular complexity index is 246. The summed E-state index contributed by atoms with van der Waals surface area (Å²) in [5.74, 6) is -0.154. The van der Waals surface area contributed by atoms with E-state index < -0.39 is 0 Å². The van der Waals surface area contributed by atoms with Crippen LogP contribution in [0.2, 0.25) is 6.82 Å². The number of ether oxygens (including phenoxy) is 1. The highest BCUT2D eigenvalue weighted by molar-refractivity contribution is 6.70. The average molecular weight is 162 g/mol. The third-order valence-electron chi connectivity index (χ3n) is 1.53. The van der Waals surface area contributed by atoms with Crippen LogP contribution in [0.3, 0.4) is 0 Å². The van der Waals surface area contributed by atoms with Gasteiger partial charge in [0, 0.05) is 0 Å². The molecule has 1 aromatic carbocycles. The van der Waals surface area contributed by atoms with Crippen LogP contribution in [0.25, 0.3) is 0 Å². The maximum Gasteiger partial charge on any atom is 0.257 e. The van der Waals surface area contributed by atoms with Crippen molar-refractivity contribution < 1.29 is 9.53 Å². The van der Waals surface area contributed by atoms with E-state index in [1.807, 2.05) is 30.3 Å². The second-order valence-electron chi connectivity index (χ2n) is 2.50. The van der Waals surface area contributed by atoms with Gasteiger partial charge in [0.05, 0.1) is 0 Å². The molecule has 0 fully saturated rings. The zero-order valence-corrected chi connectivity index (χ0v) is 7.12. The van der Waals surface area contributed by atoms with Gasteiger partial charge in [-0.15, -0.1) is 0 Å². The minimum Gasteiger partial charge on any atom is -0.469 e. The highest BCUT2D eigenvalue weighted by Crippen LogP contribution is 2.00. The van der Waals surface area contributed by atoms with E-state index in [9.17, 15) is 4.79 Å². The molecule has 62 valence electrons. The molecule has 0 atom stereocenters. The Morgan fingerprint density at radius 2 is 2.08 bits per heavy atom. The molecule has 2 nitrogen and oxygen atoms in total. The van der Waals surface area contributed by atoms with Crippen molar-refractivity contribution in [1.82, 2.24) is 0 Å². The molecule has 0 bridgehead atoms. The van der Waals surface area contributed by atoms with E-state index in [4.69, 9.17) is 4.74 Å². The quantitative estimate of drug-likeness (QED) is 0.633. The molecule has 12 heavy (non-hydrogen) atoms. The molecule has 0 spiro atoms. The van der Waals surface area contributed by atoms with Crippen LogP contribution in [0.5, 0.6) is 0 Å². The van der Waals surface area contributed by atoms with Gasteiger partial charge in [-0.1, -0.05) is 37.2 Å². The predicted molar refractivity (Wildman–Crippen MR) is 49.6 cm³/mol. The Labute approximate surface area is 72.8 Å². The third-order valence-corrected chi connectivity index (χ3v) is 1.53. The van der Waals surface area contributed by atoms with Crippen LogP contribution in [0.15, 0.2) is 30.3 Å². The van der Waals surface area contributed by atoms with Crippen molar-refractivity contribution in [3.63, 3.8) is 0 Å². The molecule has 0 saturated heterocycles.